The Hall–Kier alpha value is -4.30. The molecule has 3 aromatic rings. The molecule has 3 amide bonds. The van der Waals surface area contributed by atoms with Crippen LogP contribution < -0.4 is 10.6 Å². The molecule has 158 valence electrons. The lowest BCUT2D eigenvalue weighted by atomic mass is 10.0. The van der Waals surface area contributed by atoms with Gasteiger partial charge in [-0.25, -0.2) is 9.98 Å². The molecule has 0 aliphatic carbocycles. The molecule has 0 saturated heterocycles. The number of benzene rings is 2. The van der Waals surface area contributed by atoms with E-state index in [2.05, 4.69) is 20.6 Å². The molecule has 2 aromatic carbocycles. The van der Waals surface area contributed by atoms with Crippen LogP contribution in [0, 0.1) is 0 Å². The largest absolute Gasteiger partial charge is 0.506 e. The van der Waals surface area contributed by atoms with Gasteiger partial charge in [0.1, 0.15) is 11.6 Å². The van der Waals surface area contributed by atoms with E-state index in [9.17, 15) is 19.5 Å². The number of rotatable bonds is 5. The van der Waals surface area contributed by atoms with E-state index >= 15 is 0 Å². The fourth-order valence-corrected chi connectivity index (χ4v) is 3.13. The number of phenolic OH excluding ortho intramolecular Hbond substituents is 1. The summed E-state index contributed by atoms with van der Waals surface area (Å²) in [4.78, 5) is 44.8. The first-order valence-corrected chi connectivity index (χ1v) is 9.75. The van der Waals surface area contributed by atoms with Crippen molar-refractivity contribution in [3.63, 3.8) is 0 Å². The highest BCUT2D eigenvalue weighted by atomic mass is 35.5. The van der Waals surface area contributed by atoms with Gasteiger partial charge >= 0.3 is 0 Å². The van der Waals surface area contributed by atoms with Crippen LogP contribution in [0.5, 0.6) is 5.75 Å². The first kappa shape index (κ1) is 21.0. The minimum absolute atomic E-state index is 0.0462. The minimum Gasteiger partial charge on any atom is -0.506 e. The standard InChI is InChI=1S/C23H15ClN4O4/c24-15-8-9-19(26-12-15)27-23(32)17-2-1-3-18(29)20(17)28-21(30)14-6-4-13(5-7-14)16-10-11-25-22(16)31/h1-12,29H,(H,28,30)(H,26,27,32). The molecule has 0 atom stereocenters. The Labute approximate surface area is 187 Å². The van der Waals surface area contributed by atoms with E-state index in [0.717, 1.165) is 0 Å². The number of hydrogen-bond acceptors (Lipinski definition) is 5. The lowest BCUT2D eigenvalue weighted by molar-refractivity contribution is -0.112. The van der Waals surface area contributed by atoms with Crippen molar-refractivity contribution in [2.45, 2.75) is 0 Å². The van der Waals surface area contributed by atoms with Crippen LogP contribution in [0.1, 0.15) is 26.3 Å². The summed E-state index contributed by atoms with van der Waals surface area (Å²) in [6.45, 7) is 0. The lowest BCUT2D eigenvalue weighted by Crippen LogP contribution is -2.19. The van der Waals surface area contributed by atoms with Crippen molar-refractivity contribution in [1.29, 1.82) is 0 Å². The molecule has 1 aliphatic heterocycles. The van der Waals surface area contributed by atoms with E-state index in [1.807, 2.05) is 0 Å². The van der Waals surface area contributed by atoms with Gasteiger partial charge in [-0.2, -0.15) is 0 Å². The van der Waals surface area contributed by atoms with Crippen LogP contribution >= 0.6 is 11.6 Å². The normalized spacial score (nSPS) is 12.4. The molecule has 0 bridgehead atoms. The van der Waals surface area contributed by atoms with Gasteiger partial charge in [0.05, 0.1) is 21.8 Å². The topological polar surface area (TPSA) is 121 Å². The van der Waals surface area contributed by atoms with Crippen molar-refractivity contribution in [3.8, 4) is 5.75 Å². The third-order valence-corrected chi connectivity index (χ3v) is 4.84. The molecular formula is C23H15ClN4O4. The average Bonchev–Trinajstić information content (AvgIpc) is 3.22. The van der Waals surface area contributed by atoms with Crippen LogP contribution in [-0.2, 0) is 4.79 Å². The van der Waals surface area contributed by atoms with Gasteiger partial charge in [0.25, 0.3) is 17.7 Å². The molecule has 4 rings (SSSR count). The SMILES string of the molecule is O=C1N=CC=C1c1ccc(C(=O)Nc2c(O)cccc2C(=O)Nc2ccc(Cl)cn2)cc1. The Bertz CT molecular complexity index is 1280. The number of halogens is 1. The number of aromatic hydroxyl groups is 1. The van der Waals surface area contributed by atoms with E-state index in [-0.39, 0.29) is 34.3 Å². The zero-order valence-electron chi connectivity index (χ0n) is 16.4. The highest BCUT2D eigenvalue weighted by Gasteiger charge is 2.19. The summed E-state index contributed by atoms with van der Waals surface area (Å²) in [5.41, 5.74) is 1.34. The summed E-state index contributed by atoms with van der Waals surface area (Å²) >= 11 is 5.80. The van der Waals surface area contributed by atoms with Gasteiger partial charge in [0.15, 0.2) is 0 Å². The predicted molar refractivity (Wildman–Crippen MR) is 121 cm³/mol. The maximum Gasteiger partial charge on any atom is 0.277 e. The van der Waals surface area contributed by atoms with Gasteiger partial charge < -0.3 is 15.7 Å². The highest BCUT2D eigenvalue weighted by molar-refractivity contribution is 6.30. The Kier molecular flexibility index (Phi) is 5.78. The molecule has 0 saturated carbocycles. The minimum atomic E-state index is -0.576. The van der Waals surface area contributed by atoms with Crippen LogP contribution in [0.3, 0.4) is 0 Å². The smallest absolute Gasteiger partial charge is 0.277 e. The molecular weight excluding hydrogens is 432 g/mol. The van der Waals surface area contributed by atoms with Crippen molar-refractivity contribution in [2.24, 2.45) is 4.99 Å². The molecule has 9 heteroatoms. The van der Waals surface area contributed by atoms with Crippen LogP contribution in [0.15, 0.2) is 71.9 Å². The molecule has 8 nitrogen and oxygen atoms in total. The number of allylic oxidation sites excluding steroid dienone is 1. The van der Waals surface area contributed by atoms with E-state index in [0.29, 0.717) is 16.2 Å². The molecule has 0 spiro atoms. The van der Waals surface area contributed by atoms with Crippen molar-refractivity contribution in [2.75, 3.05) is 10.6 Å². The first-order valence-electron chi connectivity index (χ1n) is 9.38. The molecule has 3 N–H and O–H groups in total. The predicted octanol–water partition coefficient (Wildman–Crippen LogP) is 3.94. The monoisotopic (exact) mass is 446 g/mol. The van der Waals surface area contributed by atoms with Crippen LogP contribution in [0.4, 0.5) is 11.5 Å². The maximum absolute atomic E-state index is 12.7. The second-order valence-corrected chi connectivity index (χ2v) is 7.15. The lowest BCUT2D eigenvalue weighted by Gasteiger charge is -2.13. The molecule has 0 unspecified atom stereocenters. The van der Waals surface area contributed by atoms with Gasteiger partial charge in [-0.1, -0.05) is 29.8 Å². The number of aliphatic imine (C=N–C) groups is 1. The molecule has 0 radical (unpaired) electrons. The second-order valence-electron chi connectivity index (χ2n) is 6.71. The Morgan fingerprint density at radius 2 is 1.72 bits per heavy atom. The van der Waals surface area contributed by atoms with E-state index < -0.39 is 11.8 Å². The number of hydrogen-bond donors (Lipinski definition) is 3. The zero-order chi connectivity index (χ0) is 22.7. The first-order chi connectivity index (χ1) is 15.4. The number of aromatic nitrogens is 1. The maximum atomic E-state index is 12.7. The summed E-state index contributed by atoms with van der Waals surface area (Å²) < 4.78 is 0. The van der Waals surface area contributed by atoms with Crippen molar-refractivity contribution >= 4 is 52.6 Å². The Morgan fingerprint density at radius 3 is 2.38 bits per heavy atom. The third-order valence-electron chi connectivity index (χ3n) is 4.62. The Morgan fingerprint density at radius 1 is 0.938 bits per heavy atom. The van der Waals surface area contributed by atoms with Crippen molar-refractivity contribution in [3.05, 3.63) is 88.6 Å². The fourth-order valence-electron chi connectivity index (χ4n) is 3.02. The van der Waals surface area contributed by atoms with Gasteiger partial charge in [-0.3, -0.25) is 14.4 Å². The summed E-state index contributed by atoms with van der Waals surface area (Å²) in [5, 5.41) is 15.8. The van der Waals surface area contributed by atoms with Crippen LogP contribution in [0.25, 0.3) is 5.57 Å². The number of carbonyl (C=O) groups excluding carboxylic acids is 3. The number of pyridine rings is 1. The number of phenols is 1. The molecule has 32 heavy (non-hydrogen) atoms. The van der Waals surface area contributed by atoms with E-state index in [4.69, 9.17) is 11.6 Å². The fraction of sp³-hybridized carbons (Fsp3) is 0. The summed E-state index contributed by atoms with van der Waals surface area (Å²) in [6, 6.07) is 13.7. The summed E-state index contributed by atoms with van der Waals surface area (Å²) in [7, 11) is 0. The summed E-state index contributed by atoms with van der Waals surface area (Å²) in [6.07, 6.45) is 4.40. The number of amides is 3. The molecule has 2 heterocycles. The third kappa shape index (κ3) is 4.40. The second kappa shape index (κ2) is 8.83. The molecule has 1 aromatic heterocycles. The van der Waals surface area contributed by atoms with Gasteiger partial charge in [-0.15, -0.1) is 0 Å². The number of nitrogens with zero attached hydrogens (tertiary/aromatic N) is 2. The Balaban J connectivity index is 1.53. The van der Waals surface area contributed by atoms with Gasteiger partial charge in [-0.05, 0) is 48.0 Å². The highest BCUT2D eigenvalue weighted by Crippen LogP contribution is 2.29. The quantitative estimate of drug-likeness (QED) is 0.512. The van der Waals surface area contributed by atoms with Crippen molar-refractivity contribution in [1.82, 2.24) is 4.98 Å². The number of carbonyl (C=O) groups is 3. The van der Waals surface area contributed by atoms with Crippen LogP contribution in [0.2, 0.25) is 5.02 Å². The summed E-state index contributed by atoms with van der Waals surface area (Å²) in [5.74, 6) is -1.48. The van der Waals surface area contributed by atoms with Gasteiger partial charge in [0, 0.05) is 18.0 Å². The van der Waals surface area contributed by atoms with Crippen LogP contribution in [-0.4, -0.2) is 34.0 Å². The number of anilines is 2. The zero-order valence-corrected chi connectivity index (χ0v) is 17.1. The van der Waals surface area contributed by atoms with E-state index in [1.165, 1.54) is 48.8 Å². The van der Waals surface area contributed by atoms with Gasteiger partial charge in [0.2, 0.25) is 0 Å². The molecule has 0 fully saturated rings. The van der Waals surface area contributed by atoms with E-state index in [1.54, 1.807) is 24.3 Å². The number of nitrogens with one attached hydrogen (secondary N) is 2. The average molecular weight is 447 g/mol. The molecule has 1 aliphatic rings. The number of para-hydroxylation sites is 1. The van der Waals surface area contributed by atoms with Crippen molar-refractivity contribution < 1.29 is 19.5 Å².